The lowest BCUT2D eigenvalue weighted by Crippen LogP contribution is -1.96. The van der Waals surface area contributed by atoms with Gasteiger partial charge in [-0.25, -0.2) is 4.98 Å². The third-order valence-electron chi connectivity index (χ3n) is 2.79. The Morgan fingerprint density at radius 1 is 1.22 bits per heavy atom. The summed E-state index contributed by atoms with van der Waals surface area (Å²) in [6.45, 7) is 5.95. The first-order valence-electron chi connectivity index (χ1n) is 5.96. The van der Waals surface area contributed by atoms with E-state index in [-0.39, 0.29) is 0 Å². The van der Waals surface area contributed by atoms with Crippen LogP contribution < -0.4 is 0 Å². The van der Waals surface area contributed by atoms with Crippen LogP contribution in [0.3, 0.4) is 0 Å². The summed E-state index contributed by atoms with van der Waals surface area (Å²) in [7, 11) is 0. The van der Waals surface area contributed by atoms with Crippen LogP contribution in [0, 0.1) is 13.8 Å². The summed E-state index contributed by atoms with van der Waals surface area (Å²) in [5, 5.41) is 10.6. The Morgan fingerprint density at radius 3 is 2.67 bits per heavy atom. The van der Waals surface area contributed by atoms with E-state index in [1.165, 1.54) is 16.0 Å². The highest BCUT2D eigenvalue weighted by molar-refractivity contribution is 7.99. The molecule has 0 fully saturated rings. The van der Waals surface area contributed by atoms with Crippen LogP contribution in [0.15, 0.2) is 46.5 Å². The van der Waals surface area contributed by atoms with Crippen molar-refractivity contribution in [1.29, 1.82) is 0 Å². The summed E-state index contributed by atoms with van der Waals surface area (Å²) in [6.07, 6.45) is 1.27. The Bertz CT molecular complexity index is 552. The van der Waals surface area contributed by atoms with Gasteiger partial charge in [-0.3, -0.25) is 0 Å². The van der Waals surface area contributed by atoms with Crippen LogP contribution in [-0.2, 0) is 0 Å². The van der Waals surface area contributed by atoms with Crippen LogP contribution in [0.2, 0.25) is 0 Å². The molecule has 0 spiro atoms. The molecule has 0 saturated carbocycles. The van der Waals surface area contributed by atoms with Gasteiger partial charge in [0.2, 0.25) is 0 Å². The Labute approximate surface area is 112 Å². The van der Waals surface area contributed by atoms with Gasteiger partial charge in [-0.2, -0.15) is 0 Å². The van der Waals surface area contributed by atoms with Gasteiger partial charge in [0.1, 0.15) is 5.03 Å². The average molecular weight is 259 g/mol. The summed E-state index contributed by atoms with van der Waals surface area (Å²) < 4.78 is 0. The predicted octanol–water partition coefficient (Wildman–Crippen LogP) is 3.90. The van der Waals surface area contributed by atoms with Crippen LogP contribution in [0.4, 0.5) is 0 Å². The number of aliphatic hydroxyl groups excluding tert-OH is 1. The largest absolute Gasteiger partial charge is 0.389 e. The van der Waals surface area contributed by atoms with Crippen molar-refractivity contribution in [1.82, 2.24) is 4.98 Å². The second-order valence-corrected chi connectivity index (χ2v) is 5.48. The summed E-state index contributed by atoms with van der Waals surface area (Å²) in [4.78, 5) is 5.54. The number of aliphatic hydroxyl groups is 1. The van der Waals surface area contributed by atoms with Crippen LogP contribution >= 0.6 is 11.8 Å². The van der Waals surface area contributed by atoms with Gasteiger partial charge < -0.3 is 5.11 Å². The zero-order chi connectivity index (χ0) is 13.1. The van der Waals surface area contributed by atoms with Crippen molar-refractivity contribution in [3.63, 3.8) is 0 Å². The summed E-state index contributed by atoms with van der Waals surface area (Å²) in [6, 6.07) is 10.1. The molecule has 2 rings (SSSR count). The number of hydrogen-bond acceptors (Lipinski definition) is 3. The molecule has 1 aromatic heterocycles. The first kappa shape index (κ1) is 13.1. The number of aromatic nitrogens is 1. The van der Waals surface area contributed by atoms with Crippen molar-refractivity contribution < 1.29 is 5.11 Å². The maximum absolute atomic E-state index is 9.74. The van der Waals surface area contributed by atoms with Crippen molar-refractivity contribution in [3.8, 4) is 0 Å². The minimum Gasteiger partial charge on any atom is -0.389 e. The molecule has 18 heavy (non-hydrogen) atoms. The van der Waals surface area contributed by atoms with E-state index >= 15 is 0 Å². The van der Waals surface area contributed by atoms with Crippen molar-refractivity contribution in [2.45, 2.75) is 36.8 Å². The molecule has 0 aliphatic heterocycles. The molecule has 3 heteroatoms. The molecule has 1 atom stereocenters. The third kappa shape index (κ3) is 2.92. The number of nitrogens with zero attached hydrogens (tertiary/aromatic N) is 1. The SMILES string of the molecule is Cc1ccc(Sc2ncccc2[C@@H](C)O)c(C)c1. The molecule has 1 heterocycles. The van der Waals surface area contributed by atoms with Gasteiger partial charge in [0.25, 0.3) is 0 Å². The lowest BCUT2D eigenvalue weighted by Gasteiger charge is -2.11. The highest BCUT2D eigenvalue weighted by Gasteiger charge is 2.11. The van der Waals surface area contributed by atoms with Crippen molar-refractivity contribution in [2.24, 2.45) is 0 Å². The first-order chi connectivity index (χ1) is 8.58. The zero-order valence-corrected chi connectivity index (χ0v) is 11.7. The minimum absolute atomic E-state index is 0.494. The van der Waals surface area contributed by atoms with Gasteiger partial charge in [-0.15, -0.1) is 0 Å². The maximum atomic E-state index is 9.74. The van der Waals surface area contributed by atoms with E-state index in [0.717, 1.165) is 10.6 Å². The van der Waals surface area contributed by atoms with E-state index in [4.69, 9.17) is 0 Å². The molecule has 1 N–H and O–H groups in total. The molecule has 0 saturated heterocycles. The van der Waals surface area contributed by atoms with Crippen LogP contribution in [0.5, 0.6) is 0 Å². The van der Waals surface area contributed by atoms with Gasteiger partial charge in [0, 0.05) is 16.7 Å². The van der Waals surface area contributed by atoms with E-state index in [1.807, 2.05) is 12.1 Å². The Kier molecular flexibility index (Phi) is 4.04. The molecule has 0 amide bonds. The minimum atomic E-state index is -0.494. The van der Waals surface area contributed by atoms with Gasteiger partial charge in [-0.05, 0) is 38.5 Å². The van der Waals surface area contributed by atoms with Crippen LogP contribution in [0.25, 0.3) is 0 Å². The number of aryl methyl sites for hydroxylation is 2. The second-order valence-electron chi connectivity index (χ2n) is 4.44. The highest BCUT2D eigenvalue weighted by Crippen LogP contribution is 2.33. The Morgan fingerprint density at radius 2 is 2.00 bits per heavy atom. The molecule has 2 nitrogen and oxygen atoms in total. The predicted molar refractivity (Wildman–Crippen MR) is 74.9 cm³/mol. The topological polar surface area (TPSA) is 33.1 Å². The first-order valence-corrected chi connectivity index (χ1v) is 6.77. The zero-order valence-electron chi connectivity index (χ0n) is 10.8. The fraction of sp³-hybridized carbons (Fsp3) is 0.267. The lowest BCUT2D eigenvalue weighted by atomic mass is 10.2. The molecule has 0 unspecified atom stereocenters. The van der Waals surface area contributed by atoms with E-state index < -0.39 is 6.10 Å². The van der Waals surface area contributed by atoms with Gasteiger partial charge in [0.05, 0.1) is 6.10 Å². The fourth-order valence-corrected chi connectivity index (χ4v) is 2.86. The molecule has 0 aliphatic carbocycles. The Balaban J connectivity index is 2.34. The molecular weight excluding hydrogens is 242 g/mol. The molecule has 2 aromatic rings. The van der Waals surface area contributed by atoms with Crippen molar-refractivity contribution >= 4 is 11.8 Å². The fourth-order valence-electron chi connectivity index (χ4n) is 1.82. The molecule has 94 valence electrons. The quantitative estimate of drug-likeness (QED) is 0.907. The molecule has 1 aromatic carbocycles. The van der Waals surface area contributed by atoms with E-state index in [0.29, 0.717) is 0 Å². The lowest BCUT2D eigenvalue weighted by molar-refractivity contribution is 0.195. The normalized spacial score (nSPS) is 12.4. The molecular formula is C15H17NOS. The highest BCUT2D eigenvalue weighted by atomic mass is 32.2. The Hall–Kier alpha value is -1.32. The third-order valence-corrected chi connectivity index (χ3v) is 4.00. The summed E-state index contributed by atoms with van der Waals surface area (Å²) >= 11 is 1.61. The summed E-state index contributed by atoms with van der Waals surface area (Å²) in [5.74, 6) is 0. The molecule has 0 radical (unpaired) electrons. The number of pyridine rings is 1. The van der Waals surface area contributed by atoms with E-state index in [2.05, 4.69) is 37.0 Å². The smallest absolute Gasteiger partial charge is 0.107 e. The maximum Gasteiger partial charge on any atom is 0.107 e. The molecule has 0 bridgehead atoms. The van der Waals surface area contributed by atoms with Gasteiger partial charge in [-0.1, -0.05) is 35.5 Å². The van der Waals surface area contributed by atoms with Crippen LogP contribution in [0.1, 0.15) is 29.7 Å². The molecule has 0 aliphatic rings. The van der Waals surface area contributed by atoms with Gasteiger partial charge >= 0.3 is 0 Å². The standard InChI is InChI=1S/C15H17NOS/c1-10-6-7-14(11(2)9-10)18-15-13(12(3)17)5-4-8-16-15/h4-9,12,17H,1-3H3/t12-/m1/s1. The second kappa shape index (κ2) is 5.55. The van der Waals surface area contributed by atoms with Crippen molar-refractivity contribution in [2.75, 3.05) is 0 Å². The number of benzene rings is 1. The summed E-state index contributed by atoms with van der Waals surface area (Å²) in [5.41, 5.74) is 3.37. The van der Waals surface area contributed by atoms with E-state index in [9.17, 15) is 5.11 Å². The van der Waals surface area contributed by atoms with Crippen molar-refractivity contribution in [3.05, 3.63) is 53.2 Å². The van der Waals surface area contributed by atoms with Gasteiger partial charge in [0.15, 0.2) is 0 Å². The monoisotopic (exact) mass is 259 g/mol. The number of rotatable bonds is 3. The van der Waals surface area contributed by atoms with Crippen LogP contribution in [-0.4, -0.2) is 10.1 Å². The number of hydrogen-bond donors (Lipinski definition) is 1. The average Bonchev–Trinajstić information content (AvgIpc) is 2.33. The van der Waals surface area contributed by atoms with E-state index in [1.54, 1.807) is 24.9 Å².